The molecule has 1 aliphatic rings. The molecule has 0 saturated carbocycles. The summed E-state index contributed by atoms with van der Waals surface area (Å²) < 4.78 is 5.00. The number of hydrogen-bond acceptors (Lipinski definition) is 8. The summed E-state index contributed by atoms with van der Waals surface area (Å²) in [6.45, 7) is 4.09. The van der Waals surface area contributed by atoms with Crippen LogP contribution in [0.4, 0.5) is 10.7 Å². The van der Waals surface area contributed by atoms with Gasteiger partial charge in [0, 0.05) is 39.9 Å². The van der Waals surface area contributed by atoms with E-state index in [1.807, 2.05) is 6.07 Å². The van der Waals surface area contributed by atoms with E-state index >= 15 is 0 Å². The summed E-state index contributed by atoms with van der Waals surface area (Å²) in [5.41, 5.74) is 1.87. The van der Waals surface area contributed by atoms with Gasteiger partial charge in [-0.1, -0.05) is 30.3 Å². The number of aromatic carboxylic acids is 1. The van der Waals surface area contributed by atoms with Crippen LogP contribution in [0.15, 0.2) is 65.6 Å². The van der Waals surface area contributed by atoms with Crippen LogP contribution in [-0.4, -0.2) is 58.6 Å². The van der Waals surface area contributed by atoms with Gasteiger partial charge in [0.15, 0.2) is 0 Å². The summed E-state index contributed by atoms with van der Waals surface area (Å²) in [5, 5.41) is 16.2. The molecule has 2 heterocycles. The van der Waals surface area contributed by atoms with E-state index in [1.165, 1.54) is 43.2 Å². The van der Waals surface area contributed by atoms with E-state index in [-0.39, 0.29) is 22.9 Å². The predicted molar refractivity (Wildman–Crippen MR) is 170 cm³/mol. The number of fused-ring (bicyclic) bond motifs is 2. The fourth-order valence-electron chi connectivity index (χ4n) is 5.10. The van der Waals surface area contributed by atoms with E-state index in [0.29, 0.717) is 51.4 Å². The molecule has 3 amide bonds. The third-order valence-electron chi connectivity index (χ3n) is 7.28. The van der Waals surface area contributed by atoms with Crippen LogP contribution in [0.1, 0.15) is 55.4 Å². The van der Waals surface area contributed by atoms with E-state index in [4.69, 9.17) is 4.74 Å². The monoisotopic (exact) mass is 631 g/mol. The number of nitrogens with zero attached hydrogens (tertiary/aromatic N) is 1. The van der Waals surface area contributed by atoms with Crippen molar-refractivity contribution in [2.45, 2.75) is 37.0 Å². The third kappa shape index (κ3) is 6.31. The zero-order valence-corrected chi connectivity index (χ0v) is 25.8. The maximum atomic E-state index is 13.3. The molecule has 1 atom stereocenters. The lowest BCUT2D eigenvalue weighted by atomic mass is 9.98. The second-order valence-electron chi connectivity index (χ2n) is 10.1. The number of carboxylic acids is 1. The minimum atomic E-state index is -1.12. The summed E-state index contributed by atoms with van der Waals surface area (Å²) in [6, 6.07) is 16.9. The number of rotatable bonds is 8. The molecule has 0 spiro atoms. The van der Waals surface area contributed by atoms with Crippen molar-refractivity contribution in [1.29, 1.82) is 0 Å². The van der Waals surface area contributed by atoms with Crippen LogP contribution < -0.4 is 10.6 Å². The Bertz CT molecular complexity index is 1810. The van der Waals surface area contributed by atoms with Gasteiger partial charge >= 0.3 is 11.9 Å². The number of anilines is 2. The van der Waals surface area contributed by atoms with Gasteiger partial charge in [0.2, 0.25) is 11.8 Å². The molecule has 3 aromatic carbocycles. The number of ether oxygens (including phenoxy) is 1. The van der Waals surface area contributed by atoms with Gasteiger partial charge in [0.25, 0.3) is 5.91 Å². The molecule has 0 bridgehead atoms. The quantitative estimate of drug-likeness (QED) is 0.167. The number of carbonyl (C=O) groups is 5. The van der Waals surface area contributed by atoms with Crippen LogP contribution in [0.5, 0.6) is 0 Å². The average molecular weight is 632 g/mol. The number of nitrogens with one attached hydrogen (secondary N) is 2. The van der Waals surface area contributed by atoms with Gasteiger partial charge in [-0.05, 0) is 54.6 Å². The Morgan fingerprint density at radius 3 is 2.39 bits per heavy atom. The van der Waals surface area contributed by atoms with E-state index in [2.05, 4.69) is 10.6 Å². The van der Waals surface area contributed by atoms with Crippen LogP contribution in [0, 0.1) is 0 Å². The van der Waals surface area contributed by atoms with Gasteiger partial charge in [0.05, 0.1) is 30.0 Å². The summed E-state index contributed by atoms with van der Waals surface area (Å²) in [4.78, 5) is 66.2. The number of thioether (sulfide) groups is 1. The highest BCUT2D eigenvalue weighted by molar-refractivity contribution is 8.00. The predicted octanol–water partition coefficient (Wildman–Crippen LogP) is 5.66. The number of hydrogen-bond donors (Lipinski definition) is 3. The van der Waals surface area contributed by atoms with Crippen molar-refractivity contribution in [3.63, 3.8) is 0 Å². The normalized spacial score (nSPS) is 13.1. The topological polar surface area (TPSA) is 142 Å². The molecule has 5 rings (SSSR count). The first-order valence-corrected chi connectivity index (χ1v) is 15.4. The van der Waals surface area contributed by atoms with Gasteiger partial charge in [-0.15, -0.1) is 23.1 Å². The zero-order valence-electron chi connectivity index (χ0n) is 24.1. The standard InChI is InChI=1S/C32H29N3O7S2/c1-17(28(37)34-30-27(32(41)42-3)22-13-14-35(18(2)36)16-25(22)44-30)43-21-10-6-9-20(15-21)33-29(38)23-11-4-7-19-8-5-12-24(26(19)23)31(39)40/h4-12,15,17H,13-14,16H2,1-3H3,(H,33,38)(H,34,37)(H,39,40). The van der Waals surface area contributed by atoms with E-state index in [0.717, 1.165) is 10.4 Å². The Balaban J connectivity index is 1.31. The zero-order chi connectivity index (χ0) is 31.5. The van der Waals surface area contributed by atoms with E-state index in [1.54, 1.807) is 60.4 Å². The fourth-order valence-corrected chi connectivity index (χ4v) is 7.28. The van der Waals surface area contributed by atoms with Crippen molar-refractivity contribution in [2.75, 3.05) is 24.3 Å². The molecular weight excluding hydrogens is 603 g/mol. The van der Waals surface area contributed by atoms with Gasteiger partial charge in [0.1, 0.15) is 5.00 Å². The molecule has 44 heavy (non-hydrogen) atoms. The summed E-state index contributed by atoms with van der Waals surface area (Å²) in [7, 11) is 1.29. The number of carboxylic acid groups (broad SMARTS) is 1. The molecule has 1 unspecified atom stereocenters. The van der Waals surface area contributed by atoms with Crippen LogP contribution in [-0.2, 0) is 27.3 Å². The largest absolute Gasteiger partial charge is 0.478 e. The van der Waals surface area contributed by atoms with Gasteiger partial charge in [-0.3, -0.25) is 14.4 Å². The molecule has 3 N–H and O–H groups in total. The smallest absolute Gasteiger partial charge is 0.341 e. The number of methoxy groups -OCH3 is 1. The molecule has 0 saturated heterocycles. The van der Waals surface area contributed by atoms with Crippen molar-refractivity contribution in [1.82, 2.24) is 4.90 Å². The first kappa shape index (κ1) is 30.8. The molecule has 0 radical (unpaired) electrons. The van der Waals surface area contributed by atoms with Crippen LogP contribution in [0.25, 0.3) is 10.8 Å². The molecule has 1 aromatic heterocycles. The highest BCUT2D eigenvalue weighted by Crippen LogP contribution is 2.38. The van der Waals surface area contributed by atoms with Crippen LogP contribution in [0.3, 0.4) is 0 Å². The molecule has 226 valence electrons. The average Bonchev–Trinajstić information content (AvgIpc) is 3.36. The molecule has 4 aromatic rings. The third-order valence-corrected chi connectivity index (χ3v) is 9.51. The number of thiophene rings is 1. The molecule has 10 nitrogen and oxygen atoms in total. The lowest BCUT2D eigenvalue weighted by Gasteiger charge is -2.25. The Hall–Kier alpha value is -4.68. The highest BCUT2D eigenvalue weighted by Gasteiger charge is 2.31. The lowest BCUT2D eigenvalue weighted by molar-refractivity contribution is -0.129. The Labute approximate surface area is 261 Å². The fraction of sp³-hybridized carbons (Fsp3) is 0.219. The van der Waals surface area contributed by atoms with Crippen molar-refractivity contribution < 1.29 is 33.8 Å². The van der Waals surface area contributed by atoms with Crippen LogP contribution >= 0.6 is 23.1 Å². The van der Waals surface area contributed by atoms with Crippen LogP contribution in [0.2, 0.25) is 0 Å². The number of esters is 1. The maximum absolute atomic E-state index is 13.3. The maximum Gasteiger partial charge on any atom is 0.341 e. The number of amides is 3. The van der Waals surface area contributed by atoms with Crippen molar-refractivity contribution in [3.8, 4) is 0 Å². The van der Waals surface area contributed by atoms with Crippen molar-refractivity contribution in [3.05, 3.63) is 87.8 Å². The number of benzene rings is 3. The van der Waals surface area contributed by atoms with E-state index in [9.17, 15) is 29.1 Å². The first-order valence-electron chi connectivity index (χ1n) is 13.7. The number of carbonyl (C=O) groups excluding carboxylic acids is 4. The second kappa shape index (κ2) is 12.9. The van der Waals surface area contributed by atoms with Gasteiger partial charge < -0.3 is 25.4 Å². The molecule has 12 heteroatoms. The summed E-state index contributed by atoms with van der Waals surface area (Å²) >= 11 is 2.54. The Kier molecular flexibility index (Phi) is 9.02. The summed E-state index contributed by atoms with van der Waals surface area (Å²) in [5.74, 6) is -2.51. The SMILES string of the molecule is COC(=O)c1c(NC(=O)C(C)Sc2cccc(NC(=O)c3cccc4cccc(C(=O)O)c34)c2)sc2c1CCN(C(C)=O)C2. The van der Waals surface area contributed by atoms with Gasteiger partial charge in [-0.2, -0.15) is 0 Å². The van der Waals surface area contributed by atoms with E-state index < -0.39 is 23.1 Å². The highest BCUT2D eigenvalue weighted by atomic mass is 32.2. The first-order chi connectivity index (χ1) is 21.1. The molecule has 0 fully saturated rings. The Morgan fingerprint density at radius 1 is 1.00 bits per heavy atom. The Morgan fingerprint density at radius 2 is 1.70 bits per heavy atom. The van der Waals surface area contributed by atoms with Crippen molar-refractivity contribution >= 4 is 74.2 Å². The summed E-state index contributed by atoms with van der Waals surface area (Å²) in [6.07, 6.45) is 0.491. The van der Waals surface area contributed by atoms with Crippen molar-refractivity contribution in [2.24, 2.45) is 0 Å². The lowest BCUT2D eigenvalue weighted by Crippen LogP contribution is -2.33. The minimum Gasteiger partial charge on any atom is -0.478 e. The molecular formula is C32H29N3O7S2. The second-order valence-corrected chi connectivity index (χ2v) is 12.7. The van der Waals surface area contributed by atoms with Gasteiger partial charge in [-0.25, -0.2) is 9.59 Å². The molecule has 0 aliphatic carbocycles. The minimum absolute atomic E-state index is 0.0375. The molecule has 1 aliphatic heterocycles.